The Hall–Kier alpha value is -3.23. The van der Waals surface area contributed by atoms with Crippen LogP contribution in [-0.2, 0) is 16.4 Å². The molecule has 0 unspecified atom stereocenters. The van der Waals surface area contributed by atoms with E-state index in [0.29, 0.717) is 17.4 Å². The second kappa shape index (κ2) is 7.79. The molecule has 1 amide bonds. The quantitative estimate of drug-likeness (QED) is 0.490. The number of para-hydroxylation sites is 2. The number of nitrogens with zero attached hydrogens (tertiary/aromatic N) is 2. The standard InChI is InChI=1S/C23H19N3O3S2/c27-22(25-23-24-19-11-2-4-13-21(19)30-23)17-8-5-10-18(15-17)31(28,29)26-14-6-9-16-7-1-3-12-20(16)26/h1-5,7-8,10-13,15H,6,9,14H2,(H,24,25,27). The van der Waals surface area contributed by atoms with Gasteiger partial charge in [-0.05, 0) is 54.8 Å². The number of aryl methyl sites for hydroxylation is 1. The van der Waals surface area contributed by atoms with E-state index in [0.717, 1.165) is 28.6 Å². The molecule has 31 heavy (non-hydrogen) atoms. The number of carbonyl (C=O) groups excluding carboxylic acids is 1. The van der Waals surface area contributed by atoms with Crippen molar-refractivity contribution in [2.75, 3.05) is 16.2 Å². The van der Waals surface area contributed by atoms with Gasteiger partial charge >= 0.3 is 0 Å². The first-order valence-corrected chi connectivity index (χ1v) is 12.2. The number of sulfonamides is 1. The number of benzene rings is 3. The first-order valence-electron chi connectivity index (χ1n) is 9.90. The molecule has 5 rings (SSSR count). The third kappa shape index (κ3) is 3.68. The van der Waals surface area contributed by atoms with Crippen LogP contribution < -0.4 is 9.62 Å². The Kier molecular flexibility index (Phi) is 4.95. The molecule has 156 valence electrons. The van der Waals surface area contributed by atoms with Gasteiger partial charge in [-0.25, -0.2) is 13.4 Å². The van der Waals surface area contributed by atoms with Gasteiger partial charge in [-0.15, -0.1) is 0 Å². The number of hydrogen-bond acceptors (Lipinski definition) is 5. The SMILES string of the molecule is O=C(Nc1nc2ccccc2s1)c1cccc(S(=O)(=O)N2CCCc3ccccc32)c1. The molecule has 0 spiro atoms. The molecule has 4 aromatic rings. The zero-order chi connectivity index (χ0) is 21.4. The van der Waals surface area contributed by atoms with Crippen LogP contribution in [-0.4, -0.2) is 25.9 Å². The lowest BCUT2D eigenvalue weighted by atomic mass is 10.0. The highest BCUT2D eigenvalue weighted by atomic mass is 32.2. The maximum absolute atomic E-state index is 13.4. The third-order valence-corrected chi connectivity index (χ3v) is 8.03. The minimum Gasteiger partial charge on any atom is -0.298 e. The lowest BCUT2D eigenvalue weighted by molar-refractivity contribution is 0.102. The third-order valence-electron chi connectivity index (χ3n) is 5.27. The van der Waals surface area contributed by atoms with E-state index in [9.17, 15) is 13.2 Å². The first-order chi connectivity index (χ1) is 15.0. The van der Waals surface area contributed by atoms with Crippen molar-refractivity contribution < 1.29 is 13.2 Å². The smallest absolute Gasteiger partial charge is 0.264 e. The summed E-state index contributed by atoms with van der Waals surface area (Å²) in [6.45, 7) is 0.418. The molecule has 3 aromatic carbocycles. The lowest BCUT2D eigenvalue weighted by Gasteiger charge is -2.30. The van der Waals surface area contributed by atoms with Crippen molar-refractivity contribution in [3.05, 3.63) is 83.9 Å². The molecule has 1 aromatic heterocycles. The van der Waals surface area contributed by atoms with Gasteiger partial charge in [0.2, 0.25) is 0 Å². The Morgan fingerprint density at radius 2 is 1.81 bits per heavy atom. The number of carbonyl (C=O) groups is 1. The monoisotopic (exact) mass is 449 g/mol. The second-order valence-electron chi connectivity index (χ2n) is 7.28. The number of hydrogen-bond donors (Lipinski definition) is 1. The van der Waals surface area contributed by atoms with Crippen LogP contribution in [0.25, 0.3) is 10.2 Å². The normalized spacial score (nSPS) is 13.7. The van der Waals surface area contributed by atoms with Crippen LogP contribution in [0.2, 0.25) is 0 Å². The van der Waals surface area contributed by atoms with Gasteiger partial charge in [0.1, 0.15) is 0 Å². The fourth-order valence-corrected chi connectivity index (χ4v) is 6.22. The lowest BCUT2D eigenvalue weighted by Crippen LogP contribution is -2.35. The van der Waals surface area contributed by atoms with E-state index < -0.39 is 15.9 Å². The predicted molar refractivity (Wildman–Crippen MR) is 123 cm³/mol. The van der Waals surface area contributed by atoms with Gasteiger partial charge in [-0.3, -0.25) is 14.4 Å². The Morgan fingerprint density at radius 1 is 1.00 bits per heavy atom. The number of amides is 1. The van der Waals surface area contributed by atoms with Crippen LogP contribution in [0.15, 0.2) is 77.7 Å². The number of nitrogens with one attached hydrogen (secondary N) is 1. The molecule has 0 fully saturated rings. The van der Waals surface area contributed by atoms with E-state index in [1.54, 1.807) is 12.1 Å². The molecule has 0 atom stereocenters. The summed E-state index contributed by atoms with van der Waals surface area (Å²) in [6.07, 6.45) is 1.61. The number of fused-ring (bicyclic) bond motifs is 2. The predicted octanol–water partition coefficient (Wildman–Crippen LogP) is 4.69. The fraction of sp³-hybridized carbons (Fsp3) is 0.130. The van der Waals surface area contributed by atoms with Crippen molar-refractivity contribution >= 4 is 48.3 Å². The van der Waals surface area contributed by atoms with E-state index in [-0.39, 0.29) is 10.5 Å². The van der Waals surface area contributed by atoms with Crippen LogP contribution in [0.4, 0.5) is 10.8 Å². The van der Waals surface area contributed by atoms with Crippen LogP contribution in [0.5, 0.6) is 0 Å². The Labute approximate surface area is 184 Å². The van der Waals surface area contributed by atoms with E-state index >= 15 is 0 Å². The molecule has 6 nitrogen and oxygen atoms in total. The molecule has 0 saturated carbocycles. The van der Waals surface area contributed by atoms with Gasteiger partial charge in [-0.1, -0.05) is 47.7 Å². The highest BCUT2D eigenvalue weighted by Gasteiger charge is 2.29. The average Bonchev–Trinajstić information content (AvgIpc) is 3.21. The van der Waals surface area contributed by atoms with Gasteiger partial charge in [0, 0.05) is 12.1 Å². The Morgan fingerprint density at radius 3 is 2.68 bits per heavy atom. The number of anilines is 2. The zero-order valence-corrected chi connectivity index (χ0v) is 18.1. The molecule has 0 radical (unpaired) electrons. The molecule has 1 aliphatic rings. The molecule has 1 aliphatic heterocycles. The summed E-state index contributed by atoms with van der Waals surface area (Å²) < 4.78 is 29.2. The van der Waals surface area contributed by atoms with Gasteiger partial charge in [0.15, 0.2) is 5.13 Å². The highest BCUT2D eigenvalue weighted by Crippen LogP contribution is 2.32. The van der Waals surface area contributed by atoms with Crippen molar-refractivity contribution in [1.29, 1.82) is 0 Å². The van der Waals surface area contributed by atoms with Gasteiger partial charge in [0.05, 0.1) is 20.8 Å². The van der Waals surface area contributed by atoms with Crippen LogP contribution in [0.3, 0.4) is 0 Å². The first kappa shape index (κ1) is 19.7. The van der Waals surface area contributed by atoms with E-state index in [1.807, 2.05) is 48.5 Å². The summed E-state index contributed by atoms with van der Waals surface area (Å²) in [4.78, 5) is 17.3. The minimum atomic E-state index is -3.78. The van der Waals surface area contributed by atoms with Crippen molar-refractivity contribution in [2.45, 2.75) is 17.7 Å². The van der Waals surface area contributed by atoms with Crippen molar-refractivity contribution in [1.82, 2.24) is 4.98 Å². The van der Waals surface area contributed by atoms with Gasteiger partial charge < -0.3 is 0 Å². The molecule has 1 N–H and O–H groups in total. The summed E-state index contributed by atoms with van der Waals surface area (Å²) in [7, 11) is -3.78. The van der Waals surface area contributed by atoms with Gasteiger partial charge in [0.25, 0.3) is 15.9 Å². The largest absolute Gasteiger partial charge is 0.298 e. The number of aromatic nitrogens is 1. The molecule has 0 aliphatic carbocycles. The number of thiazole rings is 1. The summed E-state index contributed by atoms with van der Waals surface area (Å²) in [5.74, 6) is -0.393. The maximum atomic E-state index is 13.4. The maximum Gasteiger partial charge on any atom is 0.264 e. The van der Waals surface area contributed by atoms with Crippen LogP contribution in [0, 0.1) is 0 Å². The molecule has 2 heterocycles. The Balaban J connectivity index is 1.44. The van der Waals surface area contributed by atoms with Crippen LogP contribution >= 0.6 is 11.3 Å². The summed E-state index contributed by atoms with van der Waals surface area (Å²) in [5, 5.41) is 3.26. The average molecular weight is 450 g/mol. The molecule has 8 heteroatoms. The summed E-state index contributed by atoms with van der Waals surface area (Å²) >= 11 is 1.38. The van der Waals surface area contributed by atoms with Gasteiger partial charge in [-0.2, -0.15) is 0 Å². The molecule has 0 saturated heterocycles. The summed E-state index contributed by atoms with van der Waals surface area (Å²) in [6, 6.07) is 21.3. The summed E-state index contributed by atoms with van der Waals surface area (Å²) in [5.41, 5.74) is 2.80. The topological polar surface area (TPSA) is 79.4 Å². The number of rotatable bonds is 4. The Bertz CT molecular complexity index is 1360. The van der Waals surface area contributed by atoms with Crippen molar-refractivity contribution in [3.8, 4) is 0 Å². The van der Waals surface area contributed by atoms with Crippen molar-refractivity contribution in [3.63, 3.8) is 0 Å². The fourth-order valence-electron chi connectivity index (χ4n) is 3.77. The molecular formula is C23H19N3O3S2. The zero-order valence-electron chi connectivity index (χ0n) is 16.5. The highest BCUT2D eigenvalue weighted by molar-refractivity contribution is 7.92. The second-order valence-corrected chi connectivity index (χ2v) is 10.2. The van der Waals surface area contributed by atoms with E-state index in [2.05, 4.69) is 10.3 Å². The molecule has 0 bridgehead atoms. The van der Waals surface area contributed by atoms with Crippen molar-refractivity contribution in [2.24, 2.45) is 0 Å². The van der Waals surface area contributed by atoms with E-state index in [4.69, 9.17) is 0 Å². The minimum absolute atomic E-state index is 0.0983. The van der Waals surface area contributed by atoms with E-state index in [1.165, 1.54) is 27.8 Å². The molecular weight excluding hydrogens is 430 g/mol. The van der Waals surface area contributed by atoms with Crippen LogP contribution in [0.1, 0.15) is 22.3 Å².